The highest BCUT2D eigenvalue weighted by Gasteiger charge is 2.16. The number of nitrogens with one attached hydrogen (secondary N) is 1. The molecule has 0 saturated carbocycles. The lowest BCUT2D eigenvalue weighted by atomic mass is 10.1. The van der Waals surface area contributed by atoms with Gasteiger partial charge in [-0.25, -0.2) is 10.1 Å². The quantitative estimate of drug-likeness (QED) is 0.444. The second kappa shape index (κ2) is 9.88. The number of amides is 1. The van der Waals surface area contributed by atoms with Gasteiger partial charge in [-0.1, -0.05) is 31.2 Å². The van der Waals surface area contributed by atoms with E-state index in [2.05, 4.69) is 15.6 Å². The lowest BCUT2D eigenvalue weighted by molar-refractivity contribution is 0.0949. The Balaban J connectivity index is 1.92. The van der Waals surface area contributed by atoms with Gasteiger partial charge < -0.3 is 9.47 Å². The van der Waals surface area contributed by atoms with Crippen LogP contribution in [0.25, 0.3) is 10.8 Å². The molecule has 31 heavy (non-hydrogen) atoms. The standard InChI is InChI=1S/C23H26N4O4/c1-5-13-27-23(29)18-11-7-6-10-17(18)20(26-27)22(28)25-24-14-16-9-8-12-19(30-4)21(16)31-15(2)3/h6-12,14-15H,5,13H2,1-4H3,(H,25,28)/b24-14-. The number of para-hydroxylation sites is 1. The molecule has 3 rings (SSSR count). The van der Waals surface area contributed by atoms with Crippen molar-refractivity contribution in [3.8, 4) is 11.5 Å². The molecule has 0 atom stereocenters. The van der Waals surface area contributed by atoms with E-state index in [1.165, 1.54) is 10.9 Å². The van der Waals surface area contributed by atoms with Gasteiger partial charge in [-0.05, 0) is 38.5 Å². The van der Waals surface area contributed by atoms with E-state index in [9.17, 15) is 9.59 Å². The first-order chi connectivity index (χ1) is 15.0. The van der Waals surface area contributed by atoms with E-state index < -0.39 is 5.91 Å². The number of ether oxygens (including phenoxy) is 2. The fourth-order valence-electron chi connectivity index (χ4n) is 3.14. The van der Waals surface area contributed by atoms with Gasteiger partial charge in [0, 0.05) is 17.5 Å². The van der Waals surface area contributed by atoms with E-state index >= 15 is 0 Å². The smallest absolute Gasteiger partial charge is 0.292 e. The Morgan fingerprint density at radius 3 is 2.61 bits per heavy atom. The number of hydrazone groups is 1. The Labute approximate surface area is 180 Å². The van der Waals surface area contributed by atoms with Crippen molar-refractivity contribution >= 4 is 22.9 Å². The SMILES string of the molecule is CCCn1nc(C(=O)N/N=C\c2cccc(OC)c2OC(C)C)c2ccccc2c1=O. The van der Waals surface area contributed by atoms with Gasteiger partial charge in [0.05, 0.1) is 24.8 Å². The molecule has 162 valence electrons. The lowest BCUT2D eigenvalue weighted by Gasteiger charge is -2.15. The van der Waals surface area contributed by atoms with Crippen molar-refractivity contribution in [1.29, 1.82) is 0 Å². The minimum absolute atomic E-state index is 0.0618. The topological polar surface area (TPSA) is 94.8 Å². The number of methoxy groups -OCH3 is 1. The molecule has 0 bridgehead atoms. The molecule has 1 amide bonds. The zero-order valence-electron chi connectivity index (χ0n) is 18.1. The second-order valence-corrected chi connectivity index (χ2v) is 7.17. The Kier molecular flexibility index (Phi) is 7.02. The molecule has 0 fully saturated rings. The molecule has 3 aromatic rings. The van der Waals surface area contributed by atoms with Crippen LogP contribution in [0.4, 0.5) is 0 Å². The van der Waals surface area contributed by atoms with Crippen molar-refractivity contribution in [2.75, 3.05) is 7.11 Å². The number of rotatable bonds is 8. The summed E-state index contributed by atoms with van der Waals surface area (Å²) in [5.41, 5.74) is 3.08. The predicted molar refractivity (Wildman–Crippen MR) is 120 cm³/mol. The van der Waals surface area contributed by atoms with Crippen LogP contribution < -0.4 is 20.5 Å². The van der Waals surface area contributed by atoms with Gasteiger partial charge in [0.15, 0.2) is 17.2 Å². The van der Waals surface area contributed by atoms with Crippen LogP contribution in [-0.2, 0) is 6.54 Å². The number of carbonyl (C=O) groups is 1. The van der Waals surface area contributed by atoms with Crippen LogP contribution in [0.1, 0.15) is 43.2 Å². The molecule has 0 aliphatic heterocycles. The molecule has 2 aromatic carbocycles. The second-order valence-electron chi connectivity index (χ2n) is 7.17. The first kappa shape index (κ1) is 22.0. The van der Waals surface area contributed by atoms with Gasteiger partial charge in [-0.2, -0.15) is 10.2 Å². The summed E-state index contributed by atoms with van der Waals surface area (Å²) >= 11 is 0. The van der Waals surface area contributed by atoms with Gasteiger partial charge in [0.1, 0.15) is 0 Å². The first-order valence-corrected chi connectivity index (χ1v) is 10.1. The van der Waals surface area contributed by atoms with Gasteiger partial charge >= 0.3 is 0 Å². The first-order valence-electron chi connectivity index (χ1n) is 10.1. The van der Waals surface area contributed by atoms with Crippen molar-refractivity contribution in [3.63, 3.8) is 0 Å². The highest BCUT2D eigenvalue weighted by atomic mass is 16.5. The van der Waals surface area contributed by atoms with Crippen LogP contribution in [-0.4, -0.2) is 35.1 Å². The zero-order valence-corrected chi connectivity index (χ0v) is 18.1. The highest BCUT2D eigenvalue weighted by Crippen LogP contribution is 2.30. The van der Waals surface area contributed by atoms with Crippen LogP contribution in [0.3, 0.4) is 0 Å². The maximum Gasteiger partial charge on any atom is 0.292 e. The molecule has 0 spiro atoms. The van der Waals surface area contributed by atoms with Gasteiger partial charge in [0.2, 0.25) is 0 Å². The molecule has 0 radical (unpaired) electrons. The molecule has 0 aliphatic rings. The molecule has 0 saturated heterocycles. The predicted octanol–water partition coefficient (Wildman–Crippen LogP) is 3.37. The third-order valence-electron chi connectivity index (χ3n) is 4.47. The Hall–Kier alpha value is -3.68. The van der Waals surface area contributed by atoms with Crippen molar-refractivity contribution in [3.05, 3.63) is 64.1 Å². The summed E-state index contributed by atoms with van der Waals surface area (Å²) < 4.78 is 12.5. The van der Waals surface area contributed by atoms with Crippen LogP contribution >= 0.6 is 0 Å². The number of benzene rings is 2. The Morgan fingerprint density at radius 1 is 1.19 bits per heavy atom. The lowest BCUT2D eigenvalue weighted by Crippen LogP contribution is -2.29. The third-order valence-corrected chi connectivity index (χ3v) is 4.47. The summed E-state index contributed by atoms with van der Waals surface area (Å²) in [5, 5.41) is 9.28. The molecule has 1 N–H and O–H groups in total. The molecule has 1 heterocycles. The van der Waals surface area contributed by atoms with Crippen molar-refractivity contribution in [1.82, 2.24) is 15.2 Å². The van der Waals surface area contributed by atoms with Crippen molar-refractivity contribution in [2.24, 2.45) is 5.10 Å². The monoisotopic (exact) mass is 422 g/mol. The average Bonchev–Trinajstić information content (AvgIpc) is 2.76. The minimum Gasteiger partial charge on any atom is -0.493 e. The Morgan fingerprint density at radius 2 is 1.94 bits per heavy atom. The van der Waals surface area contributed by atoms with Gasteiger partial charge in [0.25, 0.3) is 11.5 Å². The Bertz CT molecular complexity index is 1170. The molecular formula is C23H26N4O4. The third kappa shape index (κ3) is 4.91. The summed E-state index contributed by atoms with van der Waals surface area (Å²) in [6, 6.07) is 12.3. The fourth-order valence-corrected chi connectivity index (χ4v) is 3.14. The van der Waals surface area contributed by atoms with Crippen LogP contribution in [0.15, 0.2) is 52.4 Å². The number of fused-ring (bicyclic) bond motifs is 1. The average molecular weight is 422 g/mol. The van der Waals surface area contributed by atoms with Gasteiger partial charge in [-0.3, -0.25) is 9.59 Å². The normalized spacial score (nSPS) is 11.3. The maximum absolute atomic E-state index is 12.8. The van der Waals surface area contributed by atoms with E-state index in [1.54, 1.807) is 37.4 Å². The summed E-state index contributed by atoms with van der Waals surface area (Å²) in [4.78, 5) is 25.4. The molecular weight excluding hydrogens is 396 g/mol. The highest BCUT2D eigenvalue weighted by molar-refractivity contribution is 6.05. The fraction of sp³-hybridized carbons (Fsp3) is 0.304. The van der Waals surface area contributed by atoms with Crippen LogP contribution in [0.2, 0.25) is 0 Å². The zero-order chi connectivity index (χ0) is 22.4. The minimum atomic E-state index is -0.508. The maximum atomic E-state index is 12.8. The van der Waals surface area contributed by atoms with E-state index in [1.807, 2.05) is 32.9 Å². The van der Waals surface area contributed by atoms with E-state index in [0.717, 1.165) is 6.42 Å². The van der Waals surface area contributed by atoms with Crippen molar-refractivity contribution < 1.29 is 14.3 Å². The van der Waals surface area contributed by atoms with Gasteiger partial charge in [-0.15, -0.1) is 0 Å². The molecule has 1 aromatic heterocycles. The summed E-state index contributed by atoms with van der Waals surface area (Å²) in [6.07, 6.45) is 2.15. The number of hydrogen-bond donors (Lipinski definition) is 1. The summed E-state index contributed by atoms with van der Waals surface area (Å²) in [5.74, 6) is 0.605. The molecule has 0 aliphatic carbocycles. The number of nitrogens with zero attached hydrogens (tertiary/aromatic N) is 3. The van der Waals surface area contributed by atoms with Crippen LogP contribution in [0, 0.1) is 0 Å². The number of aryl methyl sites for hydroxylation is 1. The summed E-state index contributed by atoms with van der Waals surface area (Å²) in [6.45, 7) is 6.19. The van der Waals surface area contributed by atoms with E-state index in [-0.39, 0.29) is 17.4 Å². The molecule has 8 heteroatoms. The largest absolute Gasteiger partial charge is 0.493 e. The van der Waals surface area contributed by atoms with Crippen LogP contribution in [0.5, 0.6) is 11.5 Å². The van der Waals surface area contributed by atoms with E-state index in [4.69, 9.17) is 9.47 Å². The number of aromatic nitrogens is 2. The number of hydrogen-bond acceptors (Lipinski definition) is 6. The van der Waals surface area contributed by atoms with E-state index in [0.29, 0.717) is 34.4 Å². The van der Waals surface area contributed by atoms with Crippen molar-refractivity contribution in [2.45, 2.75) is 39.8 Å². The summed E-state index contributed by atoms with van der Waals surface area (Å²) in [7, 11) is 1.56. The molecule has 8 nitrogen and oxygen atoms in total. The molecule has 0 unspecified atom stereocenters. The number of carbonyl (C=O) groups excluding carboxylic acids is 1.